The Kier molecular flexibility index (Phi) is 8.86. The first-order valence-corrected chi connectivity index (χ1v) is 11.2. The van der Waals surface area contributed by atoms with Crippen molar-refractivity contribution in [1.82, 2.24) is 10.6 Å². The molecule has 2 aromatic rings. The van der Waals surface area contributed by atoms with Crippen molar-refractivity contribution < 1.29 is 37.0 Å². The number of halogens is 3. The van der Waals surface area contributed by atoms with E-state index in [0.29, 0.717) is 5.56 Å². The first-order valence-electron chi connectivity index (χ1n) is 11.2. The molecule has 0 bridgehead atoms. The van der Waals surface area contributed by atoms with E-state index in [4.69, 9.17) is 9.47 Å². The van der Waals surface area contributed by atoms with E-state index in [9.17, 15) is 27.6 Å². The maximum atomic E-state index is 13.7. The molecule has 0 radical (unpaired) electrons. The van der Waals surface area contributed by atoms with E-state index in [1.54, 1.807) is 54.6 Å². The fourth-order valence-electron chi connectivity index (χ4n) is 3.74. The number of ether oxygens (including phenoxy) is 2. The van der Waals surface area contributed by atoms with Crippen molar-refractivity contribution in [2.75, 3.05) is 6.54 Å². The Labute approximate surface area is 201 Å². The van der Waals surface area contributed by atoms with Gasteiger partial charge in [0.1, 0.15) is 19.3 Å². The number of esters is 2. The summed E-state index contributed by atoms with van der Waals surface area (Å²) in [6, 6.07) is 16.1. The van der Waals surface area contributed by atoms with E-state index >= 15 is 0 Å². The molecule has 2 aromatic carbocycles. The fraction of sp³-hybridized carbons (Fsp3) is 0.400. The second kappa shape index (κ2) is 11.8. The van der Waals surface area contributed by atoms with E-state index < -0.39 is 42.0 Å². The van der Waals surface area contributed by atoms with Gasteiger partial charge in [0.2, 0.25) is 5.91 Å². The Morgan fingerprint density at radius 2 is 1.51 bits per heavy atom. The molecule has 0 aliphatic carbocycles. The van der Waals surface area contributed by atoms with Crippen molar-refractivity contribution in [1.29, 1.82) is 0 Å². The van der Waals surface area contributed by atoms with Crippen molar-refractivity contribution in [3.05, 3.63) is 71.8 Å². The first-order chi connectivity index (χ1) is 16.7. The van der Waals surface area contributed by atoms with Gasteiger partial charge in [-0.2, -0.15) is 13.2 Å². The summed E-state index contributed by atoms with van der Waals surface area (Å²) in [5, 5.41) is 4.40. The second-order valence-electron chi connectivity index (χ2n) is 8.24. The second-order valence-corrected chi connectivity index (χ2v) is 8.24. The predicted octanol–water partition coefficient (Wildman–Crippen LogP) is 3.42. The summed E-state index contributed by atoms with van der Waals surface area (Å²) in [6.45, 7) is -0.106. The van der Waals surface area contributed by atoms with Gasteiger partial charge >= 0.3 is 18.1 Å². The molecule has 2 atom stereocenters. The Balaban J connectivity index is 1.65. The van der Waals surface area contributed by atoms with Gasteiger partial charge in [-0.15, -0.1) is 0 Å². The van der Waals surface area contributed by atoms with Crippen LogP contribution in [0, 0.1) is 0 Å². The van der Waals surface area contributed by atoms with E-state index in [1.807, 2.05) is 6.07 Å². The third kappa shape index (κ3) is 7.05. The zero-order chi connectivity index (χ0) is 25.3. The highest BCUT2D eigenvalue weighted by Crippen LogP contribution is 2.37. The predicted molar refractivity (Wildman–Crippen MR) is 120 cm³/mol. The number of benzene rings is 2. The zero-order valence-corrected chi connectivity index (χ0v) is 19.0. The molecule has 35 heavy (non-hydrogen) atoms. The van der Waals surface area contributed by atoms with Gasteiger partial charge in [0, 0.05) is 6.42 Å². The average Bonchev–Trinajstić information content (AvgIpc) is 3.37. The summed E-state index contributed by atoms with van der Waals surface area (Å²) in [7, 11) is 0. The molecule has 0 spiro atoms. The molecule has 1 amide bonds. The van der Waals surface area contributed by atoms with Gasteiger partial charge in [-0.3, -0.25) is 14.9 Å². The lowest BCUT2D eigenvalue weighted by atomic mass is 9.94. The maximum absolute atomic E-state index is 13.7. The molecule has 3 rings (SSSR count). The highest BCUT2D eigenvalue weighted by atomic mass is 19.4. The molecule has 0 unspecified atom stereocenters. The molecule has 0 aromatic heterocycles. The average molecular weight is 492 g/mol. The minimum atomic E-state index is -4.86. The van der Waals surface area contributed by atoms with Crippen molar-refractivity contribution in [2.24, 2.45) is 0 Å². The van der Waals surface area contributed by atoms with E-state index in [-0.39, 0.29) is 39.0 Å². The molecule has 1 heterocycles. The van der Waals surface area contributed by atoms with Crippen molar-refractivity contribution in [2.45, 2.75) is 56.7 Å². The molecule has 1 aliphatic rings. The van der Waals surface area contributed by atoms with Gasteiger partial charge in [-0.25, -0.2) is 4.79 Å². The standard InChI is InChI=1S/C25H27F3N2O5/c26-25(27,28)24(14-7-15-29-24)23(33)30-20(22(32)35-17-19-10-5-2-6-11-19)12-13-21(31)34-16-18-8-3-1-4-9-18/h1-6,8-11,20,29H,7,12-17H2,(H,30,33)/t20-,24-/m0/s1. The van der Waals surface area contributed by atoms with Crippen LogP contribution in [0.4, 0.5) is 13.2 Å². The Bertz CT molecular complexity index is 993. The first kappa shape index (κ1) is 26.2. The molecule has 1 fully saturated rings. The van der Waals surface area contributed by atoms with Crippen molar-refractivity contribution in [3.8, 4) is 0 Å². The quantitative estimate of drug-likeness (QED) is 0.494. The fourth-order valence-corrected chi connectivity index (χ4v) is 3.74. The summed E-state index contributed by atoms with van der Waals surface area (Å²) in [6.07, 6.45) is -5.73. The minimum absolute atomic E-state index is 0.0102. The van der Waals surface area contributed by atoms with Gasteiger partial charge in [0.25, 0.3) is 0 Å². The summed E-state index contributed by atoms with van der Waals surface area (Å²) >= 11 is 0. The van der Waals surface area contributed by atoms with Crippen LogP contribution in [0.3, 0.4) is 0 Å². The van der Waals surface area contributed by atoms with Gasteiger partial charge < -0.3 is 14.8 Å². The zero-order valence-electron chi connectivity index (χ0n) is 19.0. The lowest BCUT2D eigenvalue weighted by Gasteiger charge is -2.32. The summed E-state index contributed by atoms with van der Waals surface area (Å²) in [4.78, 5) is 37.7. The molecule has 1 aliphatic heterocycles. The van der Waals surface area contributed by atoms with Crippen molar-refractivity contribution in [3.63, 3.8) is 0 Å². The van der Waals surface area contributed by atoms with E-state index in [2.05, 4.69) is 10.6 Å². The molecule has 188 valence electrons. The minimum Gasteiger partial charge on any atom is -0.461 e. The summed E-state index contributed by atoms with van der Waals surface area (Å²) in [5.74, 6) is -2.97. The summed E-state index contributed by atoms with van der Waals surface area (Å²) in [5.41, 5.74) is -1.37. The molecule has 1 saturated heterocycles. The number of rotatable bonds is 10. The number of carbonyl (C=O) groups excluding carboxylic acids is 3. The Hall–Kier alpha value is -3.40. The molecule has 2 N–H and O–H groups in total. The Morgan fingerprint density at radius 1 is 0.943 bits per heavy atom. The van der Waals surface area contributed by atoms with Crippen LogP contribution < -0.4 is 10.6 Å². The SMILES string of the molecule is O=C(CC[C@H](NC(=O)[C@]1(C(F)(F)F)CCCN1)C(=O)OCc1ccccc1)OCc1ccccc1. The number of nitrogens with one attached hydrogen (secondary N) is 2. The van der Waals surface area contributed by atoms with Crippen LogP contribution in [0.25, 0.3) is 0 Å². The number of hydrogen-bond acceptors (Lipinski definition) is 6. The maximum Gasteiger partial charge on any atom is 0.415 e. The lowest BCUT2D eigenvalue weighted by molar-refractivity contribution is -0.197. The molecule has 10 heteroatoms. The monoisotopic (exact) mass is 492 g/mol. The molecular formula is C25H27F3N2O5. The smallest absolute Gasteiger partial charge is 0.415 e. The number of carbonyl (C=O) groups is 3. The number of hydrogen-bond donors (Lipinski definition) is 2. The van der Waals surface area contributed by atoms with Gasteiger partial charge in [0.15, 0.2) is 5.54 Å². The van der Waals surface area contributed by atoms with E-state index in [1.165, 1.54) is 0 Å². The van der Waals surface area contributed by atoms with Crippen LogP contribution >= 0.6 is 0 Å². The summed E-state index contributed by atoms with van der Waals surface area (Å²) < 4.78 is 51.6. The van der Waals surface area contributed by atoms with Crippen LogP contribution in [0.2, 0.25) is 0 Å². The van der Waals surface area contributed by atoms with Gasteiger partial charge in [-0.1, -0.05) is 60.7 Å². The third-order valence-corrected chi connectivity index (χ3v) is 5.72. The molecule has 7 nitrogen and oxygen atoms in total. The highest BCUT2D eigenvalue weighted by Gasteiger charge is 2.61. The van der Waals surface area contributed by atoms with E-state index in [0.717, 1.165) is 5.56 Å². The Morgan fingerprint density at radius 3 is 2.03 bits per heavy atom. The van der Waals surface area contributed by atoms with Gasteiger partial charge in [-0.05, 0) is 36.9 Å². The van der Waals surface area contributed by atoms with Crippen molar-refractivity contribution >= 4 is 17.8 Å². The highest BCUT2D eigenvalue weighted by molar-refractivity contribution is 5.91. The van der Waals surface area contributed by atoms with Gasteiger partial charge in [0.05, 0.1) is 0 Å². The largest absolute Gasteiger partial charge is 0.461 e. The molecular weight excluding hydrogens is 465 g/mol. The van der Waals surface area contributed by atoms with Crippen LogP contribution in [0.5, 0.6) is 0 Å². The van der Waals surface area contributed by atoms with Crippen LogP contribution in [0.1, 0.15) is 36.8 Å². The number of alkyl halides is 3. The van der Waals surface area contributed by atoms with Crippen LogP contribution in [-0.4, -0.2) is 42.1 Å². The van der Waals surface area contributed by atoms with Crippen LogP contribution in [-0.2, 0) is 37.1 Å². The number of amides is 1. The third-order valence-electron chi connectivity index (χ3n) is 5.72. The molecule has 0 saturated carbocycles. The van der Waals surface area contributed by atoms with Crippen LogP contribution in [0.15, 0.2) is 60.7 Å². The normalized spacial score (nSPS) is 18.5. The topological polar surface area (TPSA) is 93.7 Å². The lowest BCUT2D eigenvalue weighted by Crippen LogP contribution is -2.64.